The van der Waals surface area contributed by atoms with Gasteiger partial charge in [0.05, 0.1) is 6.20 Å². The first-order valence-corrected chi connectivity index (χ1v) is 3.77. The van der Waals surface area contributed by atoms with Crippen molar-refractivity contribution >= 4 is 11.8 Å². The Balaban J connectivity index is 2.78. The number of aromatic nitrogens is 2. The molecule has 3 N–H and O–H groups in total. The standard InChI is InChI=1S/C7H7F2N3O3/c8-3(9)2-15-4-1-11-5(7(13)14)6(10)12-4/h1,3H,2H2,(H2,10,12)(H,13,14). The molecule has 0 saturated heterocycles. The number of aromatic carboxylic acids is 1. The van der Waals surface area contributed by atoms with E-state index >= 15 is 0 Å². The summed E-state index contributed by atoms with van der Waals surface area (Å²) >= 11 is 0. The molecule has 0 fully saturated rings. The molecule has 0 bridgehead atoms. The van der Waals surface area contributed by atoms with Gasteiger partial charge in [-0.2, -0.15) is 4.98 Å². The Labute approximate surface area is 82.7 Å². The average molecular weight is 219 g/mol. The number of nitrogens with zero attached hydrogens (tertiary/aromatic N) is 2. The van der Waals surface area contributed by atoms with Gasteiger partial charge < -0.3 is 15.6 Å². The van der Waals surface area contributed by atoms with Gasteiger partial charge in [-0.1, -0.05) is 0 Å². The molecule has 15 heavy (non-hydrogen) atoms. The maximum absolute atomic E-state index is 11.7. The highest BCUT2D eigenvalue weighted by Crippen LogP contribution is 2.12. The lowest BCUT2D eigenvalue weighted by molar-refractivity contribution is 0.0687. The number of halogens is 2. The van der Waals surface area contributed by atoms with E-state index in [4.69, 9.17) is 10.8 Å². The van der Waals surface area contributed by atoms with Gasteiger partial charge >= 0.3 is 5.97 Å². The van der Waals surface area contributed by atoms with E-state index in [1.807, 2.05) is 0 Å². The molecule has 0 atom stereocenters. The van der Waals surface area contributed by atoms with Crippen LogP contribution in [-0.4, -0.2) is 34.1 Å². The Bertz CT molecular complexity index is 372. The van der Waals surface area contributed by atoms with Gasteiger partial charge in [-0.25, -0.2) is 18.6 Å². The molecule has 1 rings (SSSR count). The quantitative estimate of drug-likeness (QED) is 0.760. The molecule has 0 aliphatic rings. The molecule has 1 heterocycles. The number of hydrogen-bond donors (Lipinski definition) is 2. The number of nitrogens with two attached hydrogens (primary N) is 1. The average Bonchev–Trinajstić information content (AvgIpc) is 2.14. The third kappa shape index (κ3) is 3.01. The molecule has 1 aromatic heterocycles. The van der Waals surface area contributed by atoms with Crippen molar-refractivity contribution in [3.63, 3.8) is 0 Å². The largest absolute Gasteiger partial charge is 0.476 e. The van der Waals surface area contributed by atoms with Crippen molar-refractivity contribution in [1.29, 1.82) is 0 Å². The first-order chi connectivity index (χ1) is 7.00. The predicted molar refractivity (Wildman–Crippen MR) is 44.9 cm³/mol. The fraction of sp³-hybridized carbons (Fsp3) is 0.286. The van der Waals surface area contributed by atoms with E-state index in [0.29, 0.717) is 0 Å². The minimum atomic E-state index is -2.65. The van der Waals surface area contributed by atoms with Crippen molar-refractivity contribution in [2.75, 3.05) is 12.3 Å². The van der Waals surface area contributed by atoms with E-state index in [0.717, 1.165) is 6.20 Å². The summed E-state index contributed by atoms with van der Waals surface area (Å²) < 4.78 is 27.9. The van der Waals surface area contributed by atoms with Gasteiger partial charge in [-0.3, -0.25) is 0 Å². The Kier molecular flexibility index (Phi) is 3.32. The van der Waals surface area contributed by atoms with Gasteiger partial charge in [0.2, 0.25) is 5.88 Å². The Morgan fingerprint density at radius 2 is 2.33 bits per heavy atom. The molecular weight excluding hydrogens is 212 g/mol. The van der Waals surface area contributed by atoms with Crippen LogP contribution in [0, 0.1) is 0 Å². The highest BCUT2D eigenvalue weighted by atomic mass is 19.3. The van der Waals surface area contributed by atoms with Gasteiger partial charge in [0.1, 0.15) is 0 Å². The number of carboxylic acid groups (broad SMARTS) is 1. The van der Waals surface area contributed by atoms with Gasteiger partial charge in [0.15, 0.2) is 18.1 Å². The SMILES string of the molecule is Nc1nc(OCC(F)F)cnc1C(=O)O. The van der Waals surface area contributed by atoms with Gasteiger partial charge in [0.25, 0.3) is 6.43 Å². The zero-order chi connectivity index (χ0) is 11.4. The highest BCUT2D eigenvalue weighted by Gasteiger charge is 2.12. The summed E-state index contributed by atoms with van der Waals surface area (Å²) in [5.74, 6) is -1.97. The number of rotatable bonds is 4. The van der Waals surface area contributed by atoms with Crippen LogP contribution in [0.2, 0.25) is 0 Å². The lowest BCUT2D eigenvalue weighted by atomic mass is 10.4. The van der Waals surface area contributed by atoms with Crippen molar-refractivity contribution in [2.45, 2.75) is 6.43 Å². The van der Waals surface area contributed by atoms with E-state index in [1.165, 1.54) is 0 Å². The highest BCUT2D eigenvalue weighted by molar-refractivity contribution is 5.90. The van der Waals surface area contributed by atoms with Crippen LogP contribution in [0.1, 0.15) is 10.5 Å². The number of anilines is 1. The third-order valence-electron chi connectivity index (χ3n) is 1.34. The van der Waals surface area contributed by atoms with Crippen LogP contribution in [0.3, 0.4) is 0 Å². The number of alkyl halides is 2. The van der Waals surface area contributed by atoms with Gasteiger partial charge in [-0.15, -0.1) is 0 Å². The number of carbonyl (C=O) groups is 1. The molecule has 6 nitrogen and oxygen atoms in total. The molecule has 82 valence electrons. The van der Waals surface area contributed by atoms with Gasteiger partial charge in [-0.05, 0) is 0 Å². The smallest absolute Gasteiger partial charge is 0.358 e. The summed E-state index contributed by atoms with van der Waals surface area (Å²) in [4.78, 5) is 17.3. The zero-order valence-corrected chi connectivity index (χ0v) is 7.35. The first kappa shape index (κ1) is 11.1. The van der Waals surface area contributed by atoms with Crippen molar-refractivity contribution in [2.24, 2.45) is 0 Å². The summed E-state index contributed by atoms with van der Waals surface area (Å²) in [5.41, 5.74) is 4.76. The van der Waals surface area contributed by atoms with Crippen LogP contribution < -0.4 is 10.5 Å². The third-order valence-corrected chi connectivity index (χ3v) is 1.34. The zero-order valence-electron chi connectivity index (χ0n) is 7.35. The van der Waals surface area contributed by atoms with E-state index < -0.39 is 24.7 Å². The monoisotopic (exact) mass is 219 g/mol. The van der Waals surface area contributed by atoms with Crippen LogP contribution in [0.15, 0.2) is 6.20 Å². The molecule has 0 aliphatic carbocycles. The molecular formula is C7H7F2N3O3. The number of nitrogen functional groups attached to an aromatic ring is 1. The van der Waals surface area contributed by atoms with Crippen molar-refractivity contribution in [3.05, 3.63) is 11.9 Å². The Morgan fingerprint density at radius 3 is 2.80 bits per heavy atom. The predicted octanol–water partition coefficient (Wildman–Crippen LogP) is 0.401. The van der Waals surface area contributed by atoms with E-state index in [-0.39, 0.29) is 11.7 Å². The summed E-state index contributed by atoms with van der Waals surface area (Å²) in [6.45, 7) is -0.847. The van der Waals surface area contributed by atoms with E-state index in [1.54, 1.807) is 0 Å². The lowest BCUT2D eigenvalue weighted by Crippen LogP contribution is -2.12. The molecule has 0 spiro atoms. The fourth-order valence-corrected chi connectivity index (χ4v) is 0.769. The number of hydrogen-bond acceptors (Lipinski definition) is 5. The van der Waals surface area contributed by atoms with Crippen molar-refractivity contribution in [3.8, 4) is 5.88 Å². The Morgan fingerprint density at radius 1 is 1.67 bits per heavy atom. The van der Waals surface area contributed by atoms with Crippen LogP contribution >= 0.6 is 0 Å². The number of ether oxygens (including phenoxy) is 1. The molecule has 8 heteroatoms. The Hall–Kier alpha value is -1.99. The molecule has 0 aliphatic heterocycles. The van der Waals surface area contributed by atoms with Gasteiger partial charge in [0, 0.05) is 0 Å². The summed E-state index contributed by atoms with van der Waals surface area (Å²) in [6.07, 6.45) is -1.73. The second-order valence-electron chi connectivity index (χ2n) is 2.45. The fourth-order valence-electron chi connectivity index (χ4n) is 0.769. The van der Waals surface area contributed by atoms with E-state index in [9.17, 15) is 13.6 Å². The normalized spacial score (nSPS) is 10.3. The summed E-state index contributed by atoms with van der Waals surface area (Å²) in [7, 11) is 0. The maximum Gasteiger partial charge on any atom is 0.358 e. The second-order valence-corrected chi connectivity index (χ2v) is 2.45. The minimum Gasteiger partial charge on any atom is -0.476 e. The molecule has 0 unspecified atom stereocenters. The molecule has 0 radical (unpaired) electrons. The molecule has 0 saturated carbocycles. The van der Waals surface area contributed by atoms with Crippen LogP contribution in [0.5, 0.6) is 5.88 Å². The molecule has 1 aromatic rings. The lowest BCUT2D eigenvalue weighted by Gasteiger charge is -2.05. The second kappa shape index (κ2) is 4.49. The minimum absolute atomic E-state index is 0.238. The molecule has 0 aromatic carbocycles. The maximum atomic E-state index is 11.7. The first-order valence-electron chi connectivity index (χ1n) is 3.77. The van der Waals surface area contributed by atoms with Crippen LogP contribution in [-0.2, 0) is 0 Å². The summed E-state index contributed by atoms with van der Waals surface area (Å²) in [5, 5.41) is 8.53. The van der Waals surface area contributed by atoms with Crippen molar-refractivity contribution in [1.82, 2.24) is 9.97 Å². The topological polar surface area (TPSA) is 98.3 Å². The van der Waals surface area contributed by atoms with Crippen molar-refractivity contribution < 1.29 is 23.4 Å². The van der Waals surface area contributed by atoms with Crippen LogP contribution in [0.25, 0.3) is 0 Å². The van der Waals surface area contributed by atoms with Crippen LogP contribution in [0.4, 0.5) is 14.6 Å². The van der Waals surface area contributed by atoms with E-state index in [2.05, 4.69) is 14.7 Å². The number of carboxylic acids is 1. The molecule has 0 amide bonds. The summed E-state index contributed by atoms with van der Waals surface area (Å²) in [6, 6.07) is 0.